The Morgan fingerprint density at radius 1 is 1.12 bits per heavy atom. The number of carboxylic acid groups (broad SMARTS) is 1. The number of imide groups is 1. The van der Waals surface area contributed by atoms with Crippen molar-refractivity contribution in [1.29, 1.82) is 0 Å². The lowest BCUT2D eigenvalue weighted by Crippen LogP contribution is -2.45. The van der Waals surface area contributed by atoms with Crippen LogP contribution >= 0.6 is 0 Å². The van der Waals surface area contributed by atoms with Gasteiger partial charge in [0.25, 0.3) is 11.8 Å². The molecule has 2 aliphatic heterocycles. The molecule has 0 spiro atoms. The van der Waals surface area contributed by atoms with Gasteiger partial charge < -0.3 is 20.5 Å². The Morgan fingerprint density at radius 2 is 1.88 bits per heavy atom. The second kappa shape index (κ2) is 9.78. The van der Waals surface area contributed by atoms with E-state index in [0.29, 0.717) is 30.4 Å². The van der Waals surface area contributed by atoms with Crippen LogP contribution in [0, 0.1) is 5.92 Å². The van der Waals surface area contributed by atoms with Crippen LogP contribution in [0.15, 0.2) is 60.4 Å². The van der Waals surface area contributed by atoms with Gasteiger partial charge in [0.15, 0.2) is 0 Å². The highest BCUT2D eigenvalue weighted by Crippen LogP contribution is 2.32. The molecule has 2 unspecified atom stereocenters. The van der Waals surface area contributed by atoms with Gasteiger partial charge in [-0.2, -0.15) is 0 Å². The van der Waals surface area contributed by atoms with Crippen molar-refractivity contribution >= 4 is 35.1 Å². The normalized spacial score (nSPS) is 17.6. The first-order chi connectivity index (χ1) is 16.3. The van der Waals surface area contributed by atoms with Crippen molar-refractivity contribution in [2.24, 2.45) is 5.92 Å². The summed E-state index contributed by atoms with van der Waals surface area (Å²) < 4.78 is 5.56. The molecule has 9 nitrogen and oxygen atoms in total. The number of aliphatic carboxylic acids is 1. The van der Waals surface area contributed by atoms with Gasteiger partial charge in [-0.25, -0.2) is 4.79 Å². The zero-order valence-corrected chi connectivity index (χ0v) is 18.6. The van der Waals surface area contributed by atoms with Gasteiger partial charge in [0, 0.05) is 23.7 Å². The molecule has 3 N–H and O–H groups in total. The number of benzene rings is 2. The van der Waals surface area contributed by atoms with E-state index in [1.54, 1.807) is 42.5 Å². The van der Waals surface area contributed by atoms with E-state index in [0.717, 1.165) is 10.7 Å². The number of nitrogens with zero attached hydrogens (tertiary/aromatic N) is 1. The number of ether oxygens (including phenoxy) is 1. The number of anilines is 2. The molecule has 2 aromatic carbocycles. The molecule has 0 bridgehead atoms. The highest BCUT2D eigenvalue weighted by atomic mass is 16.5. The molecule has 0 radical (unpaired) electrons. The summed E-state index contributed by atoms with van der Waals surface area (Å²) in [6.07, 6.45) is 1.60. The number of carbonyl (C=O) groups is 4. The van der Waals surface area contributed by atoms with Crippen LogP contribution in [0.4, 0.5) is 11.4 Å². The number of carbonyl (C=O) groups excluding carboxylic acids is 3. The van der Waals surface area contributed by atoms with Gasteiger partial charge in [-0.15, -0.1) is 0 Å². The van der Waals surface area contributed by atoms with Crippen LogP contribution in [0.2, 0.25) is 0 Å². The summed E-state index contributed by atoms with van der Waals surface area (Å²) in [6, 6.07) is 12.1. The lowest BCUT2D eigenvalue weighted by Gasteiger charge is -2.22. The molecule has 2 heterocycles. The number of rotatable bonds is 9. The van der Waals surface area contributed by atoms with E-state index in [-0.39, 0.29) is 24.0 Å². The van der Waals surface area contributed by atoms with Crippen molar-refractivity contribution < 1.29 is 29.0 Å². The van der Waals surface area contributed by atoms with Crippen molar-refractivity contribution in [2.75, 3.05) is 23.8 Å². The third kappa shape index (κ3) is 4.78. The van der Waals surface area contributed by atoms with Gasteiger partial charge in [-0.05, 0) is 36.8 Å². The second-order valence-electron chi connectivity index (χ2n) is 8.29. The maximum absolute atomic E-state index is 13.2. The van der Waals surface area contributed by atoms with Crippen LogP contribution in [0.3, 0.4) is 0 Å². The summed E-state index contributed by atoms with van der Waals surface area (Å²) >= 11 is 0. The molecule has 176 valence electrons. The highest BCUT2D eigenvalue weighted by molar-refractivity contribution is 6.25. The zero-order chi connectivity index (χ0) is 24.2. The molecule has 4 rings (SSSR count). The second-order valence-corrected chi connectivity index (χ2v) is 8.29. The molecule has 0 fully saturated rings. The van der Waals surface area contributed by atoms with Crippen molar-refractivity contribution in [3.05, 3.63) is 71.5 Å². The van der Waals surface area contributed by atoms with Crippen LogP contribution in [-0.2, 0) is 14.3 Å². The minimum atomic E-state index is -1.47. The predicted molar refractivity (Wildman–Crippen MR) is 124 cm³/mol. The lowest BCUT2D eigenvalue weighted by atomic mass is 10.1. The van der Waals surface area contributed by atoms with E-state index in [4.69, 9.17) is 4.74 Å². The molecule has 0 saturated heterocycles. The lowest BCUT2D eigenvalue weighted by molar-refractivity contribution is -0.141. The van der Waals surface area contributed by atoms with Gasteiger partial charge >= 0.3 is 5.97 Å². The Morgan fingerprint density at radius 3 is 2.56 bits per heavy atom. The number of hydrogen-bond donors (Lipinski definition) is 3. The first-order valence-electron chi connectivity index (χ1n) is 11.0. The molecule has 9 heteroatoms. The minimum absolute atomic E-state index is 0.124. The SMILES string of the molecule is CC1C=C(CNc2cccc3c2C(=O)N(C(CCC(=O)Nc2ccccc2)C(=O)O)C3=O)OC1. The molecule has 2 aliphatic rings. The van der Waals surface area contributed by atoms with E-state index in [1.807, 2.05) is 13.0 Å². The van der Waals surface area contributed by atoms with Crippen LogP contribution in [0.5, 0.6) is 0 Å². The standard InChI is InChI=1S/C25H25N3O6/c1-15-12-17(34-14-15)13-26-19-9-5-8-18-22(19)24(31)28(23(18)30)20(25(32)33)10-11-21(29)27-16-6-3-2-4-7-16/h2-9,12,15,20,26H,10-11,13-14H2,1H3,(H,27,29)(H,32,33). The van der Waals surface area contributed by atoms with Gasteiger partial charge in [-0.1, -0.05) is 31.2 Å². The topological polar surface area (TPSA) is 125 Å². The maximum Gasteiger partial charge on any atom is 0.326 e. The molecule has 3 amide bonds. The summed E-state index contributed by atoms with van der Waals surface area (Å²) in [5, 5.41) is 15.6. The van der Waals surface area contributed by atoms with E-state index in [2.05, 4.69) is 10.6 Å². The summed E-state index contributed by atoms with van der Waals surface area (Å²) in [6.45, 7) is 2.96. The molecular weight excluding hydrogens is 438 g/mol. The molecule has 0 aliphatic carbocycles. The fourth-order valence-electron chi connectivity index (χ4n) is 4.05. The molecule has 2 aromatic rings. The third-order valence-corrected chi connectivity index (χ3v) is 5.70. The minimum Gasteiger partial charge on any atom is -0.496 e. The number of para-hydroxylation sites is 1. The number of nitrogens with one attached hydrogen (secondary N) is 2. The zero-order valence-electron chi connectivity index (χ0n) is 18.6. The van der Waals surface area contributed by atoms with Crippen molar-refractivity contribution in [1.82, 2.24) is 4.90 Å². The number of amides is 3. The van der Waals surface area contributed by atoms with Crippen LogP contribution in [-0.4, -0.2) is 52.9 Å². The number of hydrogen-bond acceptors (Lipinski definition) is 6. The van der Waals surface area contributed by atoms with Gasteiger partial charge in [0.2, 0.25) is 5.91 Å². The molecule has 2 atom stereocenters. The van der Waals surface area contributed by atoms with Crippen LogP contribution in [0.25, 0.3) is 0 Å². The summed E-state index contributed by atoms with van der Waals surface area (Å²) in [7, 11) is 0. The number of carboxylic acids is 1. The number of fused-ring (bicyclic) bond motifs is 1. The Labute approximate surface area is 196 Å². The van der Waals surface area contributed by atoms with E-state index in [9.17, 15) is 24.3 Å². The Hall–Kier alpha value is -4.14. The van der Waals surface area contributed by atoms with Crippen molar-refractivity contribution in [3.63, 3.8) is 0 Å². The quantitative estimate of drug-likeness (QED) is 0.488. The predicted octanol–water partition coefficient (Wildman–Crippen LogP) is 3.12. The monoisotopic (exact) mass is 463 g/mol. The summed E-state index contributed by atoms with van der Waals surface area (Å²) in [5.74, 6) is -2.11. The molecule has 0 saturated carbocycles. The smallest absolute Gasteiger partial charge is 0.326 e. The van der Waals surface area contributed by atoms with E-state index < -0.39 is 29.7 Å². The van der Waals surface area contributed by atoms with Crippen molar-refractivity contribution in [2.45, 2.75) is 25.8 Å². The Bertz CT molecular complexity index is 1160. The average molecular weight is 463 g/mol. The Kier molecular flexibility index (Phi) is 6.62. The van der Waals surface area contributed by atoms with E-state index >= 15 is 0 Å². The van der Waals surface area contributed by atoms with Gasteiger partial charge in [-0.3, -0.25) is 19.3 Å². The first-order valence-corrected chi connectivity index (χ1v) is 11.0. The maximum atomic E-state index is 13.2. The summed E-state index contributed by atoms with van der Waals surface area (Å²) in [5.41, 5.74) is 1.25. The molecule has 34 heavy (non-hydrogen) atoms. The fraction of sp³-hybridized carbons (Fsp3) is 0.280. The van der Waals surface area contributed by atoms with Crippen LogP contribution < -0.4 is 10.6 Å². The largest absolute Gasteiger partial charge is 0.496 e. The highest BCUT2D eigenvalue weighted by Gasteiger charge is 2.44. The van der Waals surface area contributed by atoms with Gasteiger partial charge in [0.1, 0.15) is 11.8 Å². The van der Waals surface area contributed by atoms with Gasteiger partial charge in [0.05, 0.1) is 24.3 Å². The summed E-state index contributed by atoms with van der Waals surface area (Å²) in [4.78, 5) is 51.3. The Balaban J connectivity index is 1.48. The average Bonchev–Trinajstić information content (AvgIpc) is 3.34. The third-order valence-electron chi connectivity index (χ3n) is 5.70. The van der Waals surface area contributed by atoms with Crippen LogP contribution in [0.1, 0.15) is 40.5 Å². The first kappa shape index (κ1) is 23.0. The van der Waals surface area contributed by atoms with Crippen molar-refractivity contribution in [3.8, 4) is 0 Å². The molecular formula is C25H25N3O6. The van der Waals surface area contributed by atoms with E-state index in [1.165, 1.54) is 6.07 Å². The molecule has 0 aromatic heterocycles. The fourth-order valence-corrected chi connectivity index (χ4v) is 4.05.